The third-order valence-electron chi connectivity index (χ3n) is 3.87. The lowest BCUT2D eigenvalue weighted by Gasteiger charge is -2.11. The van der Waals surface area contributed by atoms with Crippen molar-refractivity contribution in [3.05, 3.63) is 41.0 Å². The fourth-order valence-corrected chi connectivity index (χ4v) is 5.13. The molecule has 0 saturated carbocycles. The second-order valence-electron chi connectivity index (χ2n) is 5.89. The van der Waals surface area contributed by atoms with Crippen LogP contribution in [0.3, 0.4) is 0 Å². The number of aryl methyl sites for hydroxylation is 1. The van der Waals surface area contributed by atoms with Crippen LogP contribution < -0.4 is 4.72 Å². The summed E-state index contributed by atoms with van der Waals surface area (Å²) in [5, 5.41) is 3.89. The van der Waals surface area contributed by atoms with Crippen molar-refractivity contribution >= 4 is 21.4 Å². The fraction of sp³-hybridized carbons (Fsp3) is 0.294. The predicted octanol–water partition coefficient (Wildman–Crippen LogP) is 3.99. The van der Waals surface area contributed by atoms with E-state index in [2.05, 4.69) is 14.9 Å². The van der Waals surface area contributed by atoms with E-state index in [1.165, 1.54) is 29.5 Å². The molecule has 3 aromatic rings. The lowest BCUT2D eigenvalue weighted by atomic mass is 10.2. The number of benzene rings is 1. The first-order chi connectivity index (χ1) is 12.3. The number of hydrogen-bond acceptors (Lipinski definition) is 6. The molecule has 0 unspecified atom stereocenters. The van der Waals surface area contributed by atoms with E-state index < -0.39 is 10.0 Å². The van der Waals surface area contributed by atoms with Crippen LogP contribution in [0.4, 0.5) is 4.39 Å². The number of nitrogens with zero attached hydrogens (tertiary/aromatic N) is 2. The quantitative estimate of drug-likeness (QED) is 0.682. The molecule has 1 atom stereocenters. The van der Waals surface area contributed by atoms with Gasteiger partial charge in [0.1, 0.15) is 5.82 Å². The van der Waals surface area contributed by atoms with Gasteiger partial charge in [0.15, 0.2) is 0 Å². The first-order valence-corrected chi connectivity index (χ1v) is 10.3. The zero-order valence-electron chi connectivity index (χ0n) is 14.5. The van der Waals surface area contributed by atoms with Crippen molar-refractivity contribution in [2.75, 3.05) is 0 Å². The number of nitrogens with one attached hydrogen (secondary N) is 1. The molecular formula is C17H18FN3O3S2. The number of rotatable bonds is 6. The van der Waals surface area contributed by atoms with E-state index in [0.29, 0.717) is 27.6 Å². The molecule has 138 valence electrons. The molecule has 0 bridgehead atoms. The summed E-state index contributed by atoms with van der Waals surface area (Å²) in [6.45, 7) is 5.46. The van der Waals surface area contributed by atoms with Gasteiger partial charge in [-0.15, -0.1) is 11.3 Å². The maximum absolute atomic E-state index is 13.0. The van der Waals surface area contributed by atoms with Gasteiger partial charge in [0.25, 0.3) is 5.89 Å². The molecule has 26 heavy (non-hydrogen) atoms. The largest absolute Gasteiger partial charge is 0.333 e. The van der Waals surface area contributed by atoms with Crippen LogP contribution in [0.2, 0.25) is 0 Å². The molecule has 0 aliphatic rings. The first-order valence-electron chi connectivity index (χ1n) is 8.03. The first kappa shape index (κ1) is 18.7. The minimum Gasteiger partial charge on any atom is -0.333 e. The number of halogens is 1. The second-order valence-corrected chi connectivity index (χ2v) is 8.83. The Hall–Kier alpha value is -2.10. The van der Waals surface area contributed by atoms with Crippen LogP contribution in [0.5, 0.6) is 0 Å². The third kappa shape index (κ3) is 3.84. The van der Waals surface area contributed by atoms with Crippen molar-refractivity contribution < 1.29 is 17.3 Å². The van der Waals surface area contributed by atoms with Gasteiger partial charge in [-0.05, 0) is 50.6 Å². The molecule has 0 saturated heterocycles. The summed E-state index contributed by atoms with van der Waals surface area (Å²) in [6.07, 6.45) is 0.694. The van der Waals surface area contributed by atoms with Crippen molar-refractivity contribution in [3.63, 3.8) is 0 Å². The smallest absolute Gasteiger partial charge is 0.268 e. The van der Waals surface area contributed by atoms with E-state index in [4.69, 9.17) is 4.52 Å². The Morgan fingerprint density at radius 1 is 1.31 bits per heavy atom. The van der Waals surface area contributed by atoms with Crippen molar-refractivity contribution in [2.24, 2.45) is 0 Å². The monoisotopic (exact) mass is 395 g/mol. The van der Waals surface area contributed by atoms with E-state index in [-0.39, 0.29) is 22.6 Å². The van der Waals surface area contributed by atoms with E-state index >= 15 is 0 Å². The van der Waals surface area contributed by atoms with Crippen molar-refractivity contribution in [2.45, 2.75) is 38.1 Å². The van der Waals surface area contributed by atoms with Crippen LogP contribution >= 0.6 is 11.3 Å². The van der Waals surface area contributed by atoms with Gasteiger partial charge in [-0.25, -0.2) is 17.5 Å². The Morgan fingerprint density at radius 3 is 2.65 bits per heavy atom. The summed E-state index contributed by atoms with van der Waals surface area (Å²) in [7, 11) is -3.61. The van der Waals surface area contributed by atoms with Gasteiger partial charge >= 0.3 is 0 Å². The van der Waals surface area contributed by atoms with Crippen LogP contribution in [-0.4, -0.2) is 24.6 Å². The molecule has 0 fully saturated rings. The maximum Gasteiger partial charge on any atom is 0.268 e. The van der Waals surface area contributed by atoms with Crippen LogP contribution in [0, 0.1) is 12.7 Å². The zero-order valence-corrected chi connectivity index (χ0v) is 16.1. The predicted molar refractivity (Wildman–Crippen MR) is 97.8 cm³/mol. The Labute approximate surface area is 155 Å². The molecule has 2 heterocycles. The molecule has 0 spiro atoms. The third-order valence-corrected chi connectivity index (χ3v) is 6.75. The average molecular weight is 395 g/mol. The summed E-state index contributed by atoms with van der Waals surface area (Å²) in [4.78, 5) is 5.70. The average Bonchev–Trinajstić information content (AvgIpc) is 3.22. The number of sulfonamides is 1. The van der Waals surface area contributed by atoms with Gasteiger partial charge in [0.05, 0.1) is 9.77 Å². The van der Waals surface area contributed by atoms with Crippen molar-refractivity contribution in [1.29, 1.82) is 0 Å². The molecule has 0 radical (unpaired) electrons. The molecule has 1 N–H and O–H groups in total. The van der Waals surface area contributed by atoms with Gasteiger partial charge in [-0.1, -0.05) is 12.1 Å². The van der Waals surface area contributed by atoms with Gasteiger partial charge in [-0.3, -0.25) is 0 Å². The normalized spacial score (nSPS) is 13.1. The highest BCUT2D eigenvalue weighted by Gasteiger charge is 2.24. The van der Waals surface area contributed by atoms with E-state index in [0.717, 1.165) is 0 Å². The molecule has 9 heteroatoms. The Kier molecular flexibility index (Phi) is 5.22. The molecule has 0 aliphatic carbocycles. The standard InChI is InChI=1S/C17H18FN3O3S2/c1-4-10(2)21-26(22,23)15-9-14(25-11(15)3)17-19-16(20-24-17)12-5-7-13(18)8-6-12/h5-10,21H,4H2,1-3H3/t10-/m0/s1. The van der Waals surface area contributed by atoms with Crippen molar-refractivity contribution in [1.82, 2.24) is 14.9 Å². The Balaban J connectivity index is 1.91. The topological polar surface area (TPSA) is 85.1 Å². The van der Waals surface area contributed by atoms with E-state index in [1.54, 1.807) is 19.1 Å². The van der Waals surface area contributed by atoms with Crippen LogP contribution in [0.15, 0.2) is 39.8 Å². The zero-order chi connectivity index (χ0) is 18.9. The molecular weight excluding hydrogens is 377 g/mol. The van der Waals surface area contributed by atoms with E-state index in [1.807, 2.05) is 13.8 Å². The molecule has 6 nitrogen and oxygen atoms in total. The SMILES string of the molecule is CC[C@H](C)NS(=O)(=O)c1cc(-c2nc(-c3ccc(F)cc3)no2)sc1C. The van der Waals surface area contributed by atoms with Gasteiger partial charge < -0.3 is 4.52 Å². The summed E-state index contributed by atoms with van der Waals surface area (Å²) < 4.78 is 46.0. The minimum atomic E-state index is -3.61. The highest BCUT2D eigenvalue weighted by molar-refractivity contribution is 7.89. The summed E-state index contributed by atoms with van der Waals surface area (Å²) in [5.41, 5.74) is 0.612. The summed E-state index contributed by atoms with van der Waals surface area (Å²) >= 11 is 1.26. The van der Waals surface area contributed by atoms with Gasteiger partial charge in [-0.2, -0.15) is 4.98 Å². The number of aromatic nitrogens is 2. The van der Waals surface area contributed by atoms with Gasteiger partial charge in [0, 0.05) is 16.5 Å². The molecule has 1 aromatic carbocycles. The fourth-order valence-electron chi connectivity index (χ4n) is 2.29. The molecule has 3 rings (SSSR count). The maximum atomic E-state index is 13.0. The number of thiophene rings is 1. The summed E-state index contributed by atoms with van der Waals surface area (Å²) in [5.74, 6) is 0.186. The second kappa shape index (κ2) is 7.26. The highest BCUT2D eigenvalue weighted by Crippen LogP contribution is 2.33. The Morgan fingerprint density at radius 2 is 2.00 bits per heavy atom. The lowest BCUT2D eigenvalue weighted by Crippen LogP contribution is -2.32. The van der Waals surface area contributed by atoms with Crippen LogP contribution in [0.1, 0.15) is 25.1 Å². The molecule has 0 amide bonds. The van der Waals surface area contributed by atoms with Crippen molar-refractivity contribution in [3.8, 4) is 22.2 Å². The lowest BCUT2D eigenvalue weighted by molar-refractivity contribution is 0.433. The van der Waals surface area contributed by atoms with E-state index in [9.17, 15) is 12.8 Å². The van der Waals surface area contributed by atoms with Gasteiger partial charge in [0.2, 0.25) is 15.8 Å². The molecule has 2 aromatic heterocycles. The Bertz CT molecular complexity index is 1010. The number of hydrogen-bond donors (Lipinski definition) is 1. The highest BCUT2D eigenvalue weighted by atomic mass is 32.2. The van der Waals surface area contributed by atoms with Crippen LogP contribution in [0.25, 0.3) is 22.2 Å². The minimum absolute atomic E-state index is 0.156. The van der Waals surface area contributed by atoms with Crippen LogP contribution in [-0.2, 0) is 10.0 Å². The molecule has 0 aliphatic heterocycles. The summed E-state index contributed by atoms with van der Waals surface area (Å²) in [6, 6.07) is 7.10.